The van der Waals surface area contributed by atoms with Crippen molar-refractivity contribution in [2.24, 2.45) is 10.9 Å². The van der Waals surface area contributed by atoms with Gasteiger partial charge in [-0.25, -0.2) is 0 Å². The Morgan fingerprint density at radius 1 is 1.19 bits per heavy atom. The van der Waals surface area contributed by atoms with Crippen LogP contribution in [-0.4, -0.2) is 18.8 Å². The predicted octanol–water partition coefficient (Wildman–Crippen LogP) is 3.82. The third kappa shape index (κ3) is 5.30. The van der Waals surface area contributed by atoms with Gasteiger partial charge in [0, 0.05) is 0 Å². The summed E-state index contributed by atoms with van der Waals surface area (Å²) in [6, 6.07) is 10.7. The summed E-state index contributed by atoms with van der Waals surface area (Å²) in [5, 5.41) is 3.87. The Bertz CT molecular complexity index is 835. The van der Waals surface area contributed by atoms with Crippen LogP contribution in [0.5, 0.6) is 0 Å². The second-order valence-electron chi connectivity index (χ2n) is 5.73. The van der Waals surface area contributed by atoms with E-state index >= 15 is 0 Å². The Morgan fingerprint density at radius 3 is 2.56 bits per heavy atom. The summed E-state index contributed by atoms with van der Waals surface area (Å²) in [7, 11) is 1.24. The van der Waals surface area contributed by atoms with E-state index < -0.39 is 23.8 Å². The summed E-state index contributed by atoms with van der Waals surface area (Å²) in [5.74, 6) is -0.592. The van der Waals surface area contributed by atoms with Gasteiger partial charge in [-0.2, -0.15) is 13.2 Å². The van der Waals surface area contributed by atoms with Gasteiger partial charge in [0.15, 0.2) is 0 Å². The average molecular weight is 380 g/mol. The van der Waals surface area contributed by atoms with Crippen LogP contribution in [0, 0.1) is 0 Å². The summed E-state index contributed by atoms with van der Waals surface area (Å²) < 4.78 is 43.0. The van der Waals surface area contributed by atoms with E-state index in [4.69, 9.17) is 10.6 Å². The molecule has 0 spiro atoms. The van der Waals surface area contributed by atoms with Gasteiger partial charge in [0.05, 0.1) is 18.4 Å². The summed E-state index contributed by atoms with van der Waals surface area (Å²) >= 11 is 0. The van der Waals surface area contributed by atoms with Gasteiger partial charge in [0.25, 0.3) is 0 Å². The first kappa shape index (κ1) is 20.4. The number of ether oxygens (including phenoxy) is 1. The van der Waals surface area contributed by atoms with Crippen LogP contribution in [0.15, 0.2) is 53.7 Å². The van der Waals surface area contributed by atoms with Gasteiger partial charge >= 0.3 is 12.1 Å². The van der Waals surface area contributed by atoms with Crippen LogP contribution in [-0.2, 0) is 27.2 Å². The van der Waals surface area contributed by atoms with Crippen molar-refractivity contribution in [3.63, 3.8) is 0 Å². The first-order chi connectivity index (χ1) is 12.7. The van der Waals surface area contributed by atoms with E-state index in [2.05, 4.69) is 9.89 Å². The van der Waals surface area contributed by atoms with Gasteiger partial charge in [-0.3, -0.25) is 4.79 Å². The van der Waals surface area contributed by atoms with Gasteiger partial charge in [-0.1, -0.05) is 41.6 Å². The molecule has 1 atom stereocenters. The number of carbonyl (C=O) groups excluding carboxylic acids is 1. The quantitative estimate of drug-likeness (QED) is 0.470. The number of hydrogen-bond donors (Lipinski definition) is 1. The molecule has 0 aliphatic carbocycles. The first-order valence-corrected chi connectivity index (χ1v) is 7.99. The van der Waals surface area contributed by atoms with Crippen molar-refractivity contribution in [1.82, 2.24) is 0 Å². The first-order valence-electron chi connectivity index (χ1n) is 7.99. The molecule has 0 radical (unpaired) electrons. The SMILES string of the molecule is COC(=O)C(N)c1ccccc1CON=C(C)c1cccc(C(F)(F)F)c1. The minimum absolute atomic E-state index is 0.00281. The maximum atomic E-state index is 12.8. The van der Waals surface area contributed by atoms with E-state index in [-0.39, 0.29) is 12.3 Å². The molecule has 0 aliphatic heterocycles. The number of alkyl halides is 3. The van der Waals surface area contributed by atoms with Gasteiger partial charge in [-0.15, -0.1) is 0 Å². The second kappa shape index (κ2) is 8.68. The summed E-state index contributed by atoms with van der Waals surface area (Å²) in [6.45, 7) is 1.54. The Morgan fingerprint density at radius 2 is 1.89 bits per heavy atom. The predicted molar refractivity (Wildman–Crippen MR) is 93.8 cm³/mol. The molecule has 1 unspecified atom stereocenters. The number of carbonyl (C=O) groups is 1. The molecule has 0 saturated carbocycles. The smallest absolute Gasteiger partial charge is 0.416 e. The zero-order valence-electron chi connectivity index (χ0n) is 14.8. The molecule has 2 aromatic carbocycles. The standard InChI is InChI=1S/C19H19F3N2O3/c1-12(13-7-5-8-15(10-13)19(20,21)22)24-27-11-14-6-3-4-9-16(14)17(23)18(25)26-2/h3-10,17H,11,23H2,1-2H3. The molecule has 0 saturated heterocycles. The maximum Gasteiger partial charge on any atom is 0.416 e. The van der Waals surface area contributed by atoms with Gasteiger partial charge in [0.1, 0.15) is 12.6 Å². The Hall–Kier alpha value is -2.87. The van der Waals surface area contributed by atoms with Gasteiger partial charge in [-0.05, 0) is 35.7 Å². The molecule has 2 rings (SSSR count). The second-order valence-corrected chi connectivity index (χ2v) is 5.73. The monoisotopic (exact) mass is 380 g/mol. The molecule has 2 N–H and O–H groups in total. The van der Waals surface area contributed by atoms with Crippen molar-refractivity contribution >= 4 is 11.7 Å². The number of oxime groups is 1. The van der Waals surface area contributed by atoms with Crippen LogP contribution in [0.3, 0.4) is 0 Å². The third-order valence-corrected chi connectivity index (χ3v) is 3.87. The average Bonchev–Trinajstić information content (AvgIpc) is 2.66. The Kier molecular flexibility index (Phi) is 6.57. The van der Waals surface area contributed by atoms with Crippen LogP contribution >= 0.6 is 0 Å². The lowest BCUT2D eigenvalue weighted by Crippen LogP contribution is -2.23. The Labute approximate surface area is 154 Å². The highest BCUT2D eigenvalue weighted by molar-refractivity contribution is 5.98. The number of nitrogens with two attached hydrogens (primary N) is 1. The highest BCUT2D eigenvalue weighted by Crippen LogP contribution is 2.29. The van der Waals surface area contributed by atoms with E-state index in [1.165, 1.54) is 19.2 Å². The lowest BCUT2D eigenvalue weighted by atomic mass is 10.0. The molecule has 144 valence electrons. The van der Waals surface area contributed by atoms with Crippen LogP contribution < -0.4 is 5.73 Å². The zero-order chi connectivity index (χ0) is 20.0. The van der Waals surface area contributed by atoms with Crippen LogP contribution in [0.4, 0.5) is 13.2 Å². The normalized spacial score (nSPS) is 13.2. The molecule has 8 heteroatoms. The van der Waals surface area contributed by atoms with E-state index in [1.807, 2.05) is 0 Å². The van der Waals surface area contributed by atoms with Crippen LogP contribution in [0.2, 0.25) is 0 Å². The fraction of sp³-hybridized carbons (Fsp3) is 0.263. The molecular weight excluding hydrogens is 361 g/mol. The van der Waals surface area contributed by atoms with E-state index in [1.54, 1.807) is 31.2 Å². The number of nitrogens with zero attached hydrogens (tertiary/aromatic N) is 1. The van der Waals surface area contributed by atoms with Gasteiger partial charge < -0.3 is 15.3 Å². The molecule has 0 fully saturated rings. The zero-order valence-corrected chi connectivity index (χ0v) is 14.8. The number of hydrogen-bond acceptors (Lipinski definition) is 5. The largest absolute Gasteiger partial charge is 0.468 e. The van der Waals surface area contributed by atoms with Crippen molar-refractivity contribution in [3.8, 4) is 0 Å². The summed E-state index contributed by atoms with van der Waals surface area (Å²) in [6.07, 6.45) is -4.43. The molecule has 0 aliphatic rings. The topological polar surface area (TPSA) is 73.9 Å². The van der Waals surface area contributed by atoms with Crippen molar-refractivity contribution in [1.29, 1.82) is 0 Å². The number of rotatable bonds is 6. The minimum Gasteiger partial charge on any atom is -0.468 e. The van der Waals surface area contributed by atoms with Crippen LogP contribution in [0.1, 0.15) is 35.2 Å². The number of halogens is 3. The van der Waals surface area contributed by atoms with Crippen molar-refractivity contribution < 1.29 is 27.5 Å². The molecule has 0 heterocycles. The highest BCUT2D eigenvalue weighted by atomic mass is 19.4. The molecule has 27 heavy (non-hydrogen) atoms. The lowest BCUT2D eigenvalue weighted by molar-refractivity contribution is -0.142. The van der Waals surface area contributed by atoms with Crippen molar-refractivity contribution in [2.45, 2.75) is 25.7 Å². The lowest BCUT2D eigenvalue weighted by Gasteiger charge is -2.14. The maximum absolute atomic E-state index is 12.8. The number of methoxy groups -OCH3 is 1. The van der Waals surface area contributed by atoms with E-state index in [0.29, 0.717) is 16.7 Å². The molecule has 0 aromatic heterocycles. The van der Waals surface area contributed by atoms with E-state index in [9.17, 15) is 18.0 Å². The third-order valence-electron chi connectivity index (χ3n) is 3.87. The summed E-state index contributed by atoms with van der Waals surface area (Å²) in [4.78, 5) is 16.9. The number of esters is 1. The molecule has 0 amide bonds. The van der Waals surface area contributed by atoms with Crippen molar-refractivity contribution in [3.05, 3.63) is 70.8 Å². The fourth-order valence-corrected chi connectivity index (χ4v) is 2.39. The highest BCUT2D eigenvalue weighted by Gasteiger charge is 2.30. The van der Waals surface area contributed by atoms with E-state index in [0.717, 1.165) is 12.1 Å². The minimum atomic E-state index is -4.43. The van der Waals surface area contributed by atoms with Crippen LogP contribution in [0.25, 0.3) is 0 Å². The summed E-state index contributed by atoms with van der Waals surface area (Å²) in [5.41, 5.74) is 6.83. The Balaban J connectivity index is 2.13. The molecule has 0 bridgehead atoms. The molecule has 2 aromatic rings. The molecular formula is C19H19F3N2O3. The van der Waals surface area contributed by atoms with Gasteiger partial charge in [0.2, 0.25) is 0 Å². The fourth-order valence-electron chi connectivity index (χ4n) is 2.39. The number of benzene rings is 2. The molecule has 5 nitrogen and oxygen atoms in total. The van der Waals surface area contributed by atoms with Crippen molar-refractivity contribution in [2.75, 3.05) is 7.11 Å².